The van der Waals surface area contributed by atoms with E-state index in [2.05, 4.69) is 9.97 Å². The monoisotopic (exact) mass is 543 g/mol. The van der Waals surface area contributed by atoms with Gasteiger partial charge in [0.05, 0.1) is 6.26 Å². The number of carbonyl (C=O) groups excluding carboxylic acids is 1. The van der Waals surface area contributed by atoms with Crippen molar-refractivity contribution in [2.75, 3.05) is 36.8 Å². The molecule has 1 atom stereocenters. The molecule has 0 aliphatic carbocycles. The average Bonchev–Trinajstić information content (AvgIpc) is 3.49. The van der Waals surface area contributed by atoms with Gasteiger partial charge >= 0.3 is 5.97 Å². The molecule has 11 nitrogen and oxygen atoms in total. The average molecular weight is 544 g/mol. The van der Waals surface area contributed by atoms with E-state index in [9.17, 15) is 14.7 Å². The highest BCUT2D eigenvalue weighted by Crippen LogP contribution is 2.27. The molecule has 1 aliphatic heterocycles. The third-order valence-corrected chi connectivity index (χ3v) is 6.56. The molecule has 3 heterocycles. The maximum absolute atomic E-state index is 12.5. The van der Waals surface area contributed by atoms with E-state index in [1.54, 1.807) is 78.6 Å². The minimum absolute atomic E-state index is 0.0634. The van der Waals surface area contributed by atoms with Crippen molar-refractivity contribution in [2.45, 2.75) is 18.9 Å². The predicted molar refractivity (Wildman–Crippen MR) is 147 cm³/mol. The number of benzene rings is 2. The number of carbonyl (C=O) groups is 2. The normalized spacial score (nSPS) is 14.8. The SMILES string of the molecule is CC(Cc1ccc(Oc2cc(N3CCN(C(=O)c4ccco4)CC3)nc(N)n2)cc1)(Oc1ccccc1)C(=O)O. The van der Waals surface area contributed by atoms with Crippen LogP contribution in [0, 0.1) is 0 Å². The number of ether oxygens (including phenoxy) is 2. The van der Waals surface area contributed by atoms with Gasteiger partial charge in [0.2, 0.25) is 17.4 Å². The second-order valence-corrected chi connectivity index (χ2v) is 9.55. The second kappa shape index (κ2) is 11.4. The van der Waals surface area contributed by atoms with Crippen molar-refractivity contribution in [1.29, 1.82) is 0 Å². The van der Waals surface area contributed by atoms with E-state index in [0.29, 0.717) is 49.3 Å². The van der Waals surface area contributed by atoms with E-state index >= 15 is 0 Å². The first-order valence-electron chi connectivity index (χ1n) is 12.8. The lowest BCUT2D eigenvalue weighted by Gasteiger charge is -2.35. The lowest BCUT2D eigenvalue weighted by Crippen LogP contribution is -2.49. The molecule has 2 aromatic heterocycles. The number of aromatic nitrogens is 2. The summed E-state index contributed by atoms with van der Waals surface area (Å²) in [5.41, 5.74) is 5.28. The number of rotatable bonds is 9. The van der Waals surface area contributed by atoms with Gasteiger partial charge in [-0.2, -0.15) is 9.97 Å². The number of piperazine rings is 1. The summed E-state index contributed by atoms with van der Waals surface area (Å²) in [5.74, 6) is 1.03. The maximum atomic E-state index is 12.5. The minimum atomic E-state index is -1.45. The summed E-state index contributed by atoms with van der Waals surface area (Å²) in [6.07, 6.45) is 1.63. The van der Waals surface area contributed by atoms with Crippen LogP contribution >= 0.6 is 0 Å². The van der Waals surface area contributed by atoms with Crippen LogP contribution in [0.25, 0.3) is 0 Å². The van der Waals surface area contributed by atoms with E-state index in [1.165, 1.54) is 6.26 Å². The molecule has 0 bridgehead atoms. The van der Waals surface area contributed by atoms with E-state index in [0.717, 1.165) is 5.56 Å². The lowest BCUT2D eigenvalue weighted by atomic mass is 9.96. The highest BCUT2D eigenvalue weighted by molar-refractivity contribution is 5.91. The highest BCUT2D eigenvalue weighted by atomic mass is 16.5. The molecule has 206 valence electrons. The topological polar surface area (TPSA) is 144 Å². The molecule has 5 rings (SSSR count). The number of amides is 1. The van der Waals surface area contributed by atoms with Crippen molar-refractivity contribution in [3.8, 4) is 17.4 Å². The summed E-state index contributed by atoms with van der Waals surface area (Å²) >= 11 is 0. The van der Waals surface area contributed by atoms with Crippen molar-refractivity contribution in [2.24, 2.45) is 0 Å². The Kier molecular flexibility index (Phi) is 7.54. The molecule has 1 saturated heterocycles. The van der Waals surface area contributed by atoms with Crippen molar-refractivity contribution < 1.29 is 28.6 Å². The quantitative estimate of drug-likeness (QED) is 0.319. The number of nitrogen functional groups attached to an aromatic ring is 1. The van der Waals surface area contributed by atoms with Gasteiger partial charge in [-0.3, -0.25) is 4.79 Å². The van der Waals surface area contributed by atoms with Crippen LogP contribution in [0.1, 0.15) is 23.0 Å². The van der Waals surface area contributed by atoms with Crippen LogP contribution in [-0.4, -0.2) is 63.6 Å². The Morgan fingerprint density at radius 1 is 0.975 bits per heavy atom. The molecule has 0 saturated carbocycles. The Morgan fingerprint density at radius 3 is 2.35 bits per heavy atom. The molecule has 1 unspecified atom stereocenters. The first-order chi connectivity index (χ1) is 19.3. The van der Waals surface area contributed by atoms with Crippen LogP contribution in [-0.2, 0) is 11.2 Å². The van der Waals surface area contributed by atoms with Crippen LogP contribution in [0.2, 0.25) is 0 Å². The molecule has 1 fully saturated rings. The van der Waals surface area contributed by atoms with E-state index in [-0.39, 0.29) is 24.2 Å². The molecule has 2 aromatic carbocycles. The first-order valence-corrected chi connectivity index (χ1v) is 12.8. The van der Waals surface area contributed by atoms with E-state index < -0.39 is 11.6 Å². The summed E-state index contributed by atoms with van der Waals surface area (Å²) in [6.45, 7) is 3.67. The van der Waals surface area contributed by atoms with Crippen molar-refractivity contribution >= 4 is 23.6 Å². The zero-order valence-corrected chi connectivity index (χ0v) is 21.9. The highest BCUT2D eigenvalue weighted by Gasteiger charge is 2.36. The number of nitrogens with two attached hydrogens (primary N) is 1. The number of carboxylic acids is 1. The van der Waals surface area contributed by atoms with Gasteiger partial charge in [0.15, 0.2) is 5.76 Å². The summed E-state index contributed by atoms with van der Waals surface area (Å²) in [5, 5.41) is 9.85. The van der Waals surface area contributed by atoms with Gasteiger partial charge < -0.3 is 34.5 Å². The zero-order chi connectivity index (χ0) is 28.1. The fraction of sp³-hybridized carbons (Fsp3) is 0.241. The molecule has 1 amide bonds. The van der Waals surface area contributed by atoms with Gasteiger partial charge in [0.25, 0.3) is 5.91 Å². The fourth-order valence-corrected chi connectivity index (χ4v) is 4.43. The molecule has 1 aliphatic rings. The van der Waals surface area contributed by atoms with Crippen LogP contribution in [0.15, 0.2) is 83.5 Å². The first kappa shape index (κ1) is 26.5. The Hall–Kier alpha value is -5.06. The number of anilines is 2. The van der Waals surface area contributed by atoms with Crippen molar-refractivity contribution in [3.63, 3.8) is 0 Å². The van der Waals surface area contributed by atoms with Gasteiger partial charge in [-0.15, -0.1) is 0 Å². The molecule has 3 N–H and O–H groups in total. The molecular weight excluding hydrogens is 514 g/mol. The Morgan fingerprint density at radius 2 is 1.70 bits per heavy atom. The Labute approximate surface area is 230 Å². The Balaban J connectivity index is 1.22. The fourth-order valence-electron chi connectivity index (χ4n) is 4.43. The van der Waals surface area contributed by atoms with Crippen LogP contribution < -0.4 is 20.1 Å². The number of para-hydroxylation sites is 1. The maximum Gasteiger partial charge on any atom is 0.348 e. The third-order valence-electron chi connectivity index (χ3n) is 6.56. The van der Waals surface area contributed by atoms with E-state index in [4.69, 9.17) is 19.6 Å². The molecule has 11 heteroatoms. The van der Waals surface area contributed by atoms with Gasteiger partial charge in [-0.1, -0.05) is 30.3 Å². The van der Waals surface area contributed by atoms with Gasteiger partial charge in [-0.05, 0) is 48.9 Å². The van der Waals surface area contributed by atoms with Crippen molar-refractivity contribution in [3.05, 3.63) is 90.4 Å². The van der Waals surface area contributed by atoms with Crippen molar-refractivity contribution in [1.82, 2.24) is 14.9 Å². The van der Waals surface area contributed by atoms with Crippen LogP contribution in [0.3, 0.4) is 0 Å². The smallest absolute Gasteiger partial charge is 0.348 e. The number of furan rings is 1. The second-order valence-electron chi connectivity index (χ2n) is 9.55. The standard InChI is InChI=1S/C29H29N5O6/c1-29(27(36)37,40-22-6-3-2-4-7-22)19-20-9-11-21(12-10-20)39-25-18-24(31-28(30)32-25)33-13-15-34(16-14-33)26(35)23-8-5-17-38-23/h2-12,17-18H,13-16,19H2,1H3,(H,36,37)(H2,30,31,32). The van der Waals surface area contributed by atoms with Gasteiger partial charge in [-0.25, -0.2) is 4.79 Å². The minimum Gasteiger partial charge on any atom is -0.478 e. The lowest BCUT2D eigenvalue weighted by molar-refractivity contribution is -0.153. The van der Waals surface area contributed by atoms with Gasteiger partial charge in [0, 0.05) is 38.7 Å². The van der Waals surface area contributed by atoms with E-state index in [1.807, 2.05) is 11.0 Å². The number of hydrogen-bond donors (Lipinski definition) is 2. The largest absolute Gasteiger partial charge is 0.478 e. The van der Waals surface area contributed by atoms with Crippen LogP contribution in [0.5, 0.6) is 17.4 Å². The number of hydrogen-bond acceptors (Lipinski definition) is 9. The van der Waals surface area contributed by atoms with Gasteiger partial charge in [0.1, 0.15) is 17.3 Å². The number of aliphatic carboxylic acids is 1. The number of carboxylic acid groups (broad SMARTS) is 1. The summed E-state index contributed by atoms with van der Waals surface area (Å²) < 4.78 is 17.0. The summed E-state index contributed by atoms with van der Waals surface area (Å²) in [6, 6.07) is 20.9. The zero-order valence-electron chi connectivity index (χ0n) is 21.9. The third kappa shape index (κ3) is 6.15. The number of nitrogens with zero attached hydrogens (tertiary/aromatic N) is 4. The summed E-state index contributed by atoms with van der Waals surface area (Å²) in [4.78, 5) is 36.9. The summed E-state index contributed by atoms with van der Waals surface area (Å²) in [7, 11) is 0. The molecule has 0 radical (unpaired) electrons. The Bertz CT molecular complexity index is 1450. The molecule has 40 heavy (non-hydrogen) atoms. The molecule has 4 aromatic rings. The van der Waals surface area contributed by atoms with Crippen LogP contribution in [0.4, 0.5) is 11.8 Å². The molecular formula is C29H29N5O6. The molecule has 0 spiro atoms. The predicted octanol–water partition coefficient (Wildman–Crippen LogP) is 3.87.